The van der Waals surface area contributed by atoms with Gasteiger partial charge in [0.25, 0.3) is 0 Å². The summed E-state index contributed by atoms with van der Waals surface area (Å²) in [6.07, 6.45) is 13.5. The molecule has 1 heterocycles. The first-order valence-electron chi connectivity index (χ1n) is 8.88. The standard InChI is InChI=1S/C17H29N2O2.BF4/c1-4-5-6-7-10-18-12-13-19(15-18)11-8-9-14-21-17(20)16(2)3;2-1(3,4)5/h12-13,15H,2,4-11,14H2,1,3H3;/q+1;-1. The van der Waals surface area contributed by atoms with Gasteiger partial charge in [0.15, 0.2) is 0 Å². The summed E-state index contributed by atoms with van der Waals surface area (Å²) in [7, 11) is -6.00. The van der Waals surface area contributed by atoms with Gasteiger partial charge in [0.2, 0.25) is 6.33 Å². The summed E-state index contributed by atoms with van der Waals surface area (Å²) in [5.74, 6) is -0.291. The van der Waals surface area contributed by atoms with Crippen molar-refractivity contribution in [1.82, 2.24) is 4.57 Å². The van der Waals surface area contributed by atoms with Crippen molar-refractivity contribution in [2.24, 2.45) is 0 Å². The first kappa shape index (κ1) is 24.2. The van der Waals surface area contributed by atoms with Crippen LogP contribution in [0.25, 0.3) is 0 Å². The van der Waals surface area contributed by atoms with Gasteiger partial charge >= 0.3 is 13.2 Å². The number of hydrogen-bond acceptors (Lipinski definition) is 2. The number of aromatic nitrogens is 2. The maximum absolute atomic E-state index is 11.2. The molecular formula is C17H29BF4N2O2. The summed E-state index contributed by atoms with van der Waals surface area (Å²) < 4.78 is 48.5. The van der Waals surface area contributed by atoms with Gasteiger partial charge in [-0.2, -0.15) is 0 Å². The highest BCUT2D eigenvalue weighted by Crippen LogP contribution is 2.06. The molecule has 0 amide bonds. The number of unbranched alkanes of at least 4 members (excludes halogenated alkanes) is 4. The van der Waals surface area contributed by atoms with Crippen molar-refractivity contribution in [1.29, 1.82) is 0 Å². The predicted octanol–water partition coefficient (Wildman–Crippen LogP) is 4.56. The van der Waals surface area contributed by atoms with E-state index in [1.54, 1.807) is 6.92 Å². The van der Waals surface area contributed by atoms with Crippen LogP contribution in [0.15, 0.2) is 30.9 Å². The fourth-order valence-corrected chi connectivity index (χ4v) is 2.11. The molecule has 0 radical (unpaired) electrons. The van der Waals surface area contributed by atoms with E-state index >= 15 is 0 Å². The van der Waals surface area contributed by atoms with Crippen molar-refractivity contribution < 1.29 is 31.4 Å². The number of hydrogen-bond donors (Lipinski definition) is 0. The first-order chi connectivity index (χ1) is 12.1. The van der Waals surface area contributed by atoms with Gasteiger partial charge in [0, 0.05) is 5.57 Å². The molecule has 0 bridgehead atoms. The highest BCUT2D eigenvalue weighted by molar-refractivity contribution is 6.50. The smallest absolute Gasteiger partial charge is 0.462 e. The van der Waals surface area contributed by atoms with Crippen LogP contribution in [0, 0.1) is 0 Å². The molecule has 9 heteroatoms. The Morgan fingerprint density at radius 2 is 1.81 bits per heavy atom. The monoisotopic (exact) mass is 380 g/mol. The summed E-state index contributed by atoms with van der Waals surface area (Å²) in [4.78, 5) is 11.2. The molecule has 4 nitrogen and oxygen atoms in total. The molecule has 0 saturated carbocycles. The number of aryl methyl sites for hydroxylation is 2. The topological polar surface area (TPSA) is 35.1 Å². The van der Waals surface area contributed by atoms with Crippen LogP contribution in [0.3, 0.4) is 0 Å². The number of rotatable bonds is 11. The van der Waals surface area contributed by atoms with Crippen molar-refractivity contribution >= 4 is 13.2 Å². The van der Waals surface area contributed by atoms with Crippen molar-refractivity contribution in [3.8, 4) is 0 Å². The Balaban J connectivity index is 0.00000110. The minimum Gasteiger partial charge on any atom is -0.462 e. The third-order valence-corrected chi connectivity index (χ3v) is 3.41. The van der Waals surface area contributed by atoms with Gasteiger partial charge in [-0.25, -0.2) is 13.9 Å². The van der Waals surface area contributed by atoms with Gasteiger partial charge in [0.1, 0.15) is 12.4 Å². The molecule has 0 unspecified atom stereocenters. The number of carbonyl (C=O) groups excluding carboxylic acids is 1. The van der Waals surface area contributed by atoms with Crippen LogP contribution in [-0.2, 0) is 22.6 Å². The molecule has 26 heavy (non-hydrogen) atoms. The lowest BCUT2D eigenvalue weighted by atomic mass is 10.2. The number of halogens is 4. The van der Waals surface area contributed by atoms with Gasteiger partial charge in [0.05, 0.1) is 19.7 Å². The van der Waals surface area contributed by atoms with Crippen molar-refractivity contribution in [2.75, 3.05) is 6.61 Å². The number of esters is 1. The molecule has 0 N–H and O–H groups in total. The summed E-state index contributed by atoms with van der Waals surface area (Å²) in [6.45, 7) is 10.0. The van der Waals surface area contributed by atoms with E-state index in [1.165, 1.54) is 25.7 Å². The molecule has 0 spiro atoms. The summed E-state index contributed by atoms with van der Waals surface area (Å²) >= 11 is 0. The lowest BCUT2D eigenvalue weighted by Crippen LogP contribution is -2.30. The molecule has 0 aliphatic carbocycles. The average molecular weight is 380 g/mol. The Labute approximate surface area is 152 Å². The second-order valence-corrected chi connectivity index (χ2v) is 6.07. The minimum absolute atomic E-state index is 0.291. The Morgan fingerprint density at radius 3 is 2.38 bits per heavy atom. The van der Waals surface area contributed by atoms with Crippen molar-refractivity contribution in [2.45, 2.75) is 65.5 Å². The van der Waals surface area contributed by atoms with Crippen LogP contribution in [0.4, 0.5) is 17.3 Å². The Hall–Kier alpha value is -1.80. The van der Waals surface area contributed by atoms with Gasteiger partial charge in [-0.3, -0.25) is 0 Å². The van der Waals surface area contributed by atoms with Gasteiger partial charge in [-0.15, -0.1) is 0 Å². The van der Waals surface area contributed by atoms with E-state index in [9.17, 15) is 22.1 Å². The Bertz CT molecular complexity index is 527. The molecule has 0 aromatic carbocycles. The normalized spacial score (nSPS) is 10.8. The van der Waals surface area contributed by atoms with Crippen LogP contribution in [0.1, 0.15) is 52.4 Å². The van der Waals surface area contributed by atoms with Gasteiger partial charge < -0.3 is 22.0 Å². The number of ether oxygens (including phenoxy) is 1. The van der Waals surface area contributed by atoms with Crippen LogP contribution < -0.4 is 4.57 Å². The maximum Gasteiger partial charge on any atom is 0.673 e. The highest BCUT2D eigenvalue weighted by atomic mass is 19.5. The van der Waals surface area contributed by atoms with E-state index in [4.69, 9.17) is 4.74 Å². The Kier molecular flexibility index (Phi) is 12.5. The average Bonchev–Trinajstić information content (AvgIpc) is 2.97. The molecule has 1 aromatic heterocycles. The van der Waals surface area contributed by atoms with Crippen LogP contribution >= 0.6 is 0 Å². The van der Waals surface area contributed by atoms with E-state index in [0.717, 1.165) is 25.9 Å². The SMILES string of the molecule is C=C(C)C(=O)OCCCCn1cc[n+](CCCCCC)c1.F[B-](F)(F)F. The maximum atomic E-state index is 11.2. The number of imidazole rings is 1. The summed E-state index contributed by atoms with van der Waals surface area (Å²) in [6, 6.07) is 0. The molecule has 150 valence electrons. The molecule has 0 atom stereocenters. The van der Waals surface area contributed by atoms with E-state index in [1.807, 2.05) is 0 Å². The quantitative estimate of drug-likeness (QED) is 0.141. The van der Waals surface area contributed by atoms with Crippen molar-refractivity contribution in [3.05, 3.63) is 30.9 Å². The highest BCUT2D eigenvalue weighted by Gasteiger charge is 2.20. The van der Waals surface area contributed by atoms with Crippen LogP contribution in [-0.4, -0.2) is 24.4 Å². The first-order valence-corrected chi connectivity index (χ1v) is 8.88. The predicted molar refractivity (Wildman–Crippen MR) is 94.0 cm³/mol. The fraction of sp³-hybridized carbons (Fsp3) is 0.647. The lowest BCUT2D eigenvalue weighted by Gasteiger charge is -2.03. The van der Waals surface area contributed by atoms with E-state index < -0.39 is 7.25 Å². The van der Waals surface area contributed by atoms with E-state index in [-0.39, 0.29) is 5.97 Å². The third kappa shape index (κ3) is 15.7. The Morgan fingerprint density at radius 1 is 1.15 bits per heavy atom. The number of nitrogens with zero attached hydrogens (tertiary/aromatic N) is 2. The van der Waals surface area contributed by atoms with Crippen molar-refractivity contribution in [3.63, 3.8) is 0 Å². The molecular weight excluding hydrogens is 351 g/mol. The zero-order chi connectivity index (χ0) is 20.0. The molecule has 0 aliphatic rings. The fourth-order valence-electron chi connectivity index (χ4n) is 2.11. The second kappa shape index (κ2) is 13.4. The summed E-state index contributed by atoms with van der Waals surface area (Å²) in [5, 5.41) is 0. The lowest BCUT2D eigenvalue weighted by molar-refractivity contribution is -0.696. The largest absolute Gasteiger partial charge is 0.673 e. The molecule has 0 aliphatic heterocycles. The van der Waals surface area contributed by atoms with Crippen LogP contribution in [0.5, 0.6) is 0 Å². The van der Waals surface area contributed by atoms with E-state index in [2.05, 4.69) is 41.4 Å². The molecule has 0 fully saturated rings. The van der Waals surface area contributed by atoms with E-state index in [0.29, 0.717) is 12.2 Å². The molecule has 1 rings (SSSR count). The minimum atomic E-state index is -6.00. The van der Waals surface area contributed by atoms with Crippen LogP contribution in [0.2, 0.25) is 0 Å². The zero-order valence-electron chi connectivity index (χ0n) is 15.6. The van der Waals surface area contributed by atoms with Gasteiger partial charge in [-0.1, -0.05) is 26.3 Å². The molecule has 1 aromatic rings. The molecule has 0 saturated heterocycles. The second-order valence-electron chi connectivity index (χ2n) is 6.07. The summed E-state index contributed by atoms with van der Waals surface area (Å²) in [5.41, 5.74) is 0.463. The zero-order valence-corrected chi connectivity index (χ0v) is 15.6. The number of carbonyl (C=O) groups is 1. The third-order valence-electron chi connectivity index (χ3n) is 3.41. The van der Waals surface area contributed by atoms with Gasteiger partial charge in [-0.05, 0) is 32.6 Å².